The van der Waals surface area contributed by atoms with Gasteiger partial charge in [0.25, 0.3) is 0 Å². The summed E-state index contributed by atoms with van der Waals surface area (Å²) in [6, 6.07) is 6.93. The standard InChI is InChI=1S/C20H26BrNO/c1-19(2)9-17-10-20(3,11-19)12-22(17)18(23)15-6-13-4-5-16(21)8-14(13)7-15/h4-5,8,15,17H,6-7,9-12H2,1-3H3. The number of hydrogen-bond donors (Lipinski definition) is 0. The molecule has 3 heteroatoms. The fraction of sp³-hybridized carbons (Fsp3) is 0.650. The second kappa shape index (κ2) is 5.08. The molecule has 3 atom stereocenters. The van der Waals surface area contributed by atoms with Crippen LogP contribution in [0.4, 0.5) is 0 Å². The smallest absolute Gasteiger partial charge is 0.226 e. The van der Waals surface area contributed by atoms with Gasteiger partial charge in [-0.1, -0.05) is 42.8 Å². The van der Waals surface area contributed by atoms with E-state index in [1.165, 1.54) is 30.4 Å². The second-order valence-corrected chi connectivity index (χ2v) is 10.1. The number of hydrogen-bond acceptors (Lipinski definition) is 1. The van der Waals surface area contributed by atoms with Crippen LogP contribution < -0.4 is 0 Å². The first-order chi connectivity index (χ1) is 10.7. The highest BCUT2D eigenvalue weighted by Crippen LogP contribution is 2.53. The number of rotatable bonds is 1. The molecule has 0 spiro atoms. The molecular formula is C20H26BrNO. The van der Waals surface area contributed by atoms with Crippen molar-refractivity contribution in [1.82, 2.24) is 4.90 Å². The molecule has 4 rings (SSSR count). The first-order valence-electron chi connectivity index (χ1n) is 8.83. The molecule has 124 valence electrons. The molecule has 3 unspecified atom stereocenters. The van der Waals surface area contributed by atoms with Crippen molar-refractivity contribution in [3.05, 3.63) is 33.8 Å². The van der Waals surface area contributed by atoms with Gasteiger partial charge in [-0.3, -0.25) is 4.79 Å². The van der Waals surface area contributed by atoms with E-state index in [1.54, 1.807) is 0 Å². The van der Waals surface area contributed by atoms with Crippen LogP contribution in [0.25, 0.3) is 0 Å². The van der Waals surface area contributed by atoms with Crippen molar-refractivity contribution in [2.45, 2.75) is 58.9 Å². The van der Waals surface area contributed by atoms with Crippen LogP contribution in [0.1, 0.15) is 51.2 Å². The van der Waals surface area contributed by atoms with E-state index < -0.39 is 0 Å². The highest BCUT2D eigenvalue weighted by Gasteiger charge is 2.51. The predicted molar refractivity (Wildman–Crippen MR) is 96.3 cm³/mol. The summed E-state index contributed by atoms with van der Waals surface area (Å²) in [6.45, 7) is 8.09. The number of halogens is 1. The van der Waals surface area contributed by atoms with Crippen molar-refractivity contribution in [1.29, 1.82) is 0 Å². The number of fused-ring (bicyclic) bond motifs is 3. The number of carbonyl (C=O) groups excluding carboxylic acids is 1. The lowest BCUT2D eigenvalue weighted by molar-refractivity contribution is -0.136. The monoisotopic (exact) mass is 375 g/mol. The van der Waals surface area contributed by atoms with Crippen LogP contribution >= 0.6 is 15.9 Å². The van der Waals surface area contributed by atoms with Crippen LogP contribution in [0, 0.1) is 16.7 Å². The van der Waals surface area contributed by atoms with Crippen LogP contribution in [0.2, 0.25) is 0 Å². The van der Waals surface area contributed by atoms with Gasteiger partial charge in [-0.2, -0.15) is 0 Å². The average Bonchev–Trinajstić information content (AvgIpc) is 2.94. The Kier molecular flexibility index (Phi) is 3.46. The Morgan fingerprint density at radius 1 is 1.17 bits per heavy atom. The first-order valence-corrected chi connectivity index (χ1v) is 9.62. The van der Waals surface area contributed by atoms with Crippen LogP contribution in [-0.2, 0) is 17.6 Å². The maximum atomic E-state index is 13.2. The van der Waals surface area contributed by atoms with E-state index in [9.17, 15) is 4.79 Å². The van der Waals surface area contributed by atoms with E-state index in [0.29, 0.717) is 22.8 Å². The molecule has 0 aromatic heterocycles. The third-order valence-corrected chi connectivity index (χ3v) is 6.64. The van der Waals surface area contributed by atoms with Crippen LogP contribution in [0.5, 0.6) is 0 Å². The molecule has 2 aliphatic carbocycles. The van der Waals surface area contributed by atoms with Gasteiger partial charge in [-0.15, -0.1) is 0 Å². The van der Waals surface area contributed by atoms with Gasteiger partial charge in [0, 0.05) is 23.0 Å². The summed E-state index contributed by atoms with van der Waals surface area (Å²) in [7, 11) is 0. The molecule has 1 aromatic rings. The number of benzene rings is 1. The van der Waals surface area contributed by atoms with Crippen LogP contribution in [-0.4, -0.2) is 23.4 Å². The zero-order valence-electron chi connectivity index (χ0n) is 14.4. The number of amides is 1. The van der Waals surface area contributed by atoms with Crippen molar-refractivity contribution in [2.75, 3.05) is 6.54 Å². The third-order valence-electron chi connectivity index (χ3n) is 6.15. The summed E-state index contributed by atoms with van der Waals surface area (Å²) < 4.78 is 1.12. The fourth-order valence-electron chi connectivity index (χ4n) is 5.71. The zero-order valence-corrected chi connectivity index (χ0v) is 15.9. The van der Waals surface area contributed by atoms with Gasteiger partial charge >= 0.3 is 0 Å². The molecule has 3 aliphatic rings. The molecule has 1 heterocycles. The Morgan fingerprint density at radius 3 is 2.70 bits per heavy atom. The average molecular weight is 376 g/mol. The molecule has 1 aromatic carbocycles. The van der Waals surface area contributed by atoms with Gasteiger partial charge in [-0.05, 0) is 66.2 Å². The number of carbonyl (C=O) groups is 1. The fourth-order valence-corrected chi connectivity index (χ4v) is 6.12. The van der Waals surface area contributed by atoms with Gasteiger partial charge in [-0.25, -0.2) is 0 Å². The molecule has 2 fully saturated rings. The van der Waals surface area contributed by atoms with Gasteiger partial charge in [0.05, 0.1) is 0 Å². The van der Waals surface area contributed by atoms with Gasteiger partial charge in [0.15, 0.2) is 0 Å². The molecule has 0 radical (unpaired) electrons. The second-order valence-electron chi connectivity index (χ2n) is 9.20. The van der Waals surface area contributed by atoms with Gasteiger partial charge in [0.1, 0.15) is 0 Å². The molecule has 2 nitrogen and oxygen atoms in total. The molecule has 2 bridgehead atoms. The summed E-state index contributed by atoms with van der Waals surface area (Å²) in [6.07, 6.45) is 5.45. The van der Waals surface area contributed by atoms with Crippen molar-refractivity contribution >= 4 is 21.8 Å². The molecule has 23 heavy (non-hydrogen) atoms. The Bertz CT molecular complexity index is 668. The summed E-state index contributed by atoms with van der Waals surface area (Å²) in [5.74, 6) is 0.564. The molecule has 0 N–H and O–H groups in total. The highest BCUT2D eigenvalue weighted by atomic mass is 79.9. The summed E-state index contributed by atoms with van der Waals surface area (Å²) in [5, 5.41) is 0. The lowest BCUT2D eigenvalue weighted by Crippen LogP contribution is -2.41. The quantitative estimate of drug-likeness (QED) is 0.702. The molecule has 1 saturated carbocycles. The maximum Gasteiger partial charge on any atom is 0.226 e. The Hall–Kier alpha value is -0.830. The topological polar surface area (TPSA) is 20.3 Å². The Labute approximate surface area is 147 Å². The van der Waals surface area contributed by atoms with E-state index in [-0.39, 0.29) is 5.92 Å². The van der Waals surface area contributed by atoms with Crippen molar-refractivity contribution in [2.24, 2.45) is 16.7 Å². The van der Waals surface area contributed by atoms with E-state index in [1.807, 2.05) is 0 Å². The summed E-state index contributed by atoms with van der Waals surface area (Å²) in [4.78, 5) is 15.5. The van der Waals surface area contributed by atoms with Crippen molar-refractivity contribution < 1.29 is 4.79 Å². The third kappa shape index (κ3) is 2.75. The highest BCUT2D eigenvalue weighted by molar-refractivity contribution is 9.10. The van der Waals surface area contributed by atoms with Crippen molar-refractivity contribution in [3.63, 3.8) is 0 Å². The van der Waals surface area contributed by atoms with E-state index in [4.69, 9.17) is 0 Å². The van der Waals surface area contributed by atoms with Crippen LogP contribution in [0.15, 0.2) is 22.7 Å². The molecule has 1 aliphatic heterocycles. The predicted octanol–water partition coefficient (Wildman–Crippen LogP) is 4.59. The number of likely N-dealkylation sites (tertiary alicyclic amines) is 1. The minimum Gasteiger partial charge on any atom is -0.339 e. The van der Waals surface area contributed by atoms with E-state index in [2.05, 4.69) is 59.8 Å². The van der Waals surface area contributed by atoms with Crippen molar-refractivity contribution in [3.8, 4) is 0 Å². The number of nitrogens with zero attached hydrogens (tertiary/aromatic N) is 1. The largest absolute Gasteiger partial charge is 0.339 e. The van der Waals surface area contributed by atoms with E-state index >= 15 is 0 Å². The normalized spacial score (nSPS) is 34.5. The lowest BCUT2D eigenvalue weighted by Gasteiger charge is -2.39. The molecule has 1 saturated heterocycles. The maximum absolute atomic E-state index is 13.2. The van der Waals surface area contributed by atoms with Gasteiger partial charge in [0.2, 0.25) is 5.91 Å². The van der Waals surface area contributed by atoms with Crippen LogP contribution in [0.3, 0.4) is 0 Å². The van der Waals surface area contributed by atoms with E-state index in [0.717, 1.165) is 23.9 Å². The first kappa shape index (κ1) is 15.7. The Balaban J connectivity index is 1.53. The minimum absolute atomic E-state index is 0.158. The minimum atomic E-state index is 0.158. The summed E-state index contributed by atoms with van der Waals surface area (Å²) in [5.41, 5.74) is 3.42. The Morgan fingerprint density at radius 2 is 1.91 bits per heavy atom. The molecular weight excluding hydrogens is 350 g/mol. The van der Waals surface area contributed by atoms with Gasteiger partial charge < -0.3 is 4.90 Å². The zero-order chi connectivity index (χ0) is 16.4. The summed E-state index contributed by atoms with van der Waals surface area (Å²) >= 11 is 3.55. The SMILES string of the molecule is CC1(C)CC2CC(C)(CN2C(=O)C2Cc3ccc(Br)cc3C2)C1. The molecule has 1 amide bonds. The lowest BCUT2D eigenvalue weighted by atomic mass is 9.65.